The van der Waals surface area contributed by atoms with Gasteiger partial charge in [-0.3, -0.25) is 4.79 Å². The molecule has 4 heterocycles. The van der Waals surface area contributed by atoms with Crippen molar-refractivity contribution in [3.8, 4) is 11.4 Å². The molecule has 0 spiro atoms. The number of nitrogens with zero attached hydrogens (tertiary/aromatic N) is 2. The SMILES string of the molecule is CC[C@@]1(O)C(=O)OCc2c1cc1n(c2=O)Cc2c-1nc1ccc3ccccc3c1c2CN[NH2+]N. The number of pyridine rings is 2. The number of aliphatic hydroxyl groups is 1. The fraction of sp³-hybridized carbons (Fsp3) is 0.240. The summed E-state index contributed by atoms with van der Waals surface area (Å²) in [7, 11) is 0. The first-order valence-corrected chi connectivity index (χ1v) is 11.2. The molecule has 9 heteroatoms. The Morgan fingerprint density at radius 2 is 2.06 bits per heavy atom. The first-order chi connectivity index (χ1) is 16.5. The highest BCUT2D eigenvalue weighted by atomic mass is 16.6. The summed E-state index contributed by atoms with van der Waals surface area (Å²) in [5.41, 5.74) is 7.01. The third-order valence-electron chi connectivity index (χ3n) is 7.09. The predicted molar refractivity (Wildman–Crippen MR) is 125 cm³/mol. The number of aromatic nitrogens is 2. The number of esters is 1. The zero-order valence-electron chi connectivity index (χ0n) is 18.6. The van der Waals surface area contributed by atoms with Gasteiger partial charge in [0.05, 0.1) is 35.6 Å². The van der Waals surface area contributed by atoms with Crippen LogP contribution in [0.15, 0.2) is 47.3 Å². The minimum absolute atomic E-state index is 0.104. The highest BCUT2D eigenvalue weighted by Crippen LogP contribution is 2.41. The Morgan fingerprint density at radius 3 is 2.85 bits per heavy atom. The minimum Gasteiger partial charge on any atom is -0.458 e. The van der Waals surface area contributed by atoms with E-state index in [9.17, 15) is 14.7 Å². The second-order valence-electron chi connectivity index (χ2n) is 8.75. The van der Waals surface area contributed by atoms with E-state index < -0.39 is 11.6 Å². The summed E-state index contributed by atoms with van der Waals surface area (Å²) in [6, 6.07) is 13.9. The van der Waals surface area contributed by atoms with E-state index in [-0.39, 0.29) is 18.6 Å². The monoisotopic (exact) mass is 458 g/mol. The van der Waals surface area contributed by atoms with Gasteiger partial charge < -0.3 is 14.4 Å². The molecule has 0 bridgehead atoms. The molecule has 2 aliphatic heterocycles. The van der Waals surface area contributed by atoms with Crippen molar-refractivity contribution in [1.82, 2.24) is 15.0 Å². The molecular weight excluding hydrogens is 434 g/mol. The largest absolute Gasteiger partial charge is 0.458 e. The minimum atomic E-state index is -1.85. The number of fused-ring (bicyclic) bond motifs is 7. The van der Waals surface area contributed by atoms with Crippen LogP contribution in [0.3, 0.4) is 0 Å². The van der Waals surface area contributed by atoms with Crippen molar-refractivity contribution in [2.75, 3.05) is 0 Å². The van der Waals surface area contributed by atoms with E-state index in [1.165, 1.54) is 5.53 Å². The molecule has 0 fully saturated rings. The summed E-state index contributed by atoms with van der Waals surface area (Å²) in [5.74, 6) is 4.92. The van der Waals surface area contributed by atoms with Crippen LogP contribution in [0.5, 0.6) is 0 Å². The topological polar surface area (TPSA) is 136 Å². The number of nitrogens with one attached hydrogen (secondary N) is 1. The molecule has 6 rings (SSSR count). The molecule has 0 amide bonds. The molecule has 34 heavy (non-hydrogen) atoms. The van der Waals surface area contributed by atoms with Crippen LogP contribution in [0.4, 0.5) is 0 Å². The molecule has 2 aliphatic rings. The number of rotatable bonds is 4. The van der Waals surface area contributed by atoms with Crippen molar-refractivity contribution in [1.29, 1.82) is 0 Å². The zero-order valence-corrected chi connectivity index (χ0v) is 18.6. The second-order valence-corrected chi connectivity index (χ2v) is 8.75. The molecule has 0 saturated heterocycles. The highest BCUT2D eigenvalue weighted by Gasteiger charge is 2.45. The third-order valence-corrected chi connectivity index (χ3v) is 7.09. The van der Waals surface area contributed by atoms with Gasteiger partial charge in [0.15, 0.2) is 5.60 Å². The quantitative estimate of drug-likeness (QED) is 0.135. The van der Waals surface area contributed by atoms with Crippen molar-refractivity contribution in [3.05, 3.63) is 75.1 Å². The number of benzene rings is 2. The summed E-state index contributed by atoms with van der Waals surface area (Å²) < 4.78 is 6.83. The van der Waals surface area contributed by atoms with Gasteiger partial charge in [-0.05, 0) is 34.9 Å². The summed E-state index contributed by atoms with van der Waals surface area (Å²) in [5, 5.41) is 14.3. The number of quaternary nitrogens is 1. The van der Waals surface area contributed by atoms with E-state index in [1.54, 1.807) is 17.6 Å². The van der Waals surface area contributed by atoms with Crippen molar-refractivity contribution < 1.29 is 20.2 Å². The van der Waals surface area contributed by atoms with E-state index in [4.69, 9.17) is 15.6 Å². The molecule has 2 aromatic heterocycles. The lowest BCUT2D eigenvalue weighted by Crippen LogP contribution is -2.99. The van der Waals surface area contributed by atoms with Crippen LogP contribution < -0.4 is 22.4 Å². The number of ether oxygens (including phenoxy) is 1. The molecule has 2 aromatic carbocycles. The molecule has 6 N–H and O–H groups in total. The third kappa shape index (κ3) is 2.72. The summed E-state index contributed by atoms with van der Waals surface area (Å²) in [6.45, 7) is 2.35. The van der Waals surface area contributed by atoms with E-state index in [1.807, 2.05) is 24.3 Å². The van der Waals surface area contributed by atoms with Gasteiger partial charge in [-0.25, -0.2) is 9.78 Å². The molecule has 4 aromatic rings. The normalized spacial score (nSPS) is 18.6. The van der Waals surface area contributed by atoms with Crippen LogP contribution in [0, 0.1) is 0 Å². The first kappa shape index (κ1) is 20.9. The van der Waals surface area contributed by atoms with Crippen LogP contribution in [0.2, 0.25) is 0 Å². The summed E-state index contributed by atoms with van der Waals surface area (Å²) >= 11 is 0. The van der Waals surface area contributed by atoms with Crippen LogP contribution in [-0.4, -0.2) is 20.6 Å². The number of hydrogen-bond acceptors (Lipinski definition) is 7. The highest BCUT2D eigenvalue weighted by molar-refractivity contribution is 6.09. The van der Waals surface area contributed by atoms with E-state index in [0.29, 0.717) is 35.6 Å². The molecular formula is C25H24N5O4+. The molecule has 0 aliphatic carbocycles. The molecule has 0 radical (unpaired) electrons. The maximum Gasteiger partial charge on any atom is 0.343 e. The van der Waals surface area contributed by atoms with Gasteiger partial charge in [0.2, 0.25) is 0 Å². The Kier molecular flexibility index (Phi) is 4.58. The maximum absolute atomic E-state index is 13.5. The fourth-order valence-corrected chi connectivity index (χ4v) is 5.30. The molecule has 0 unspecified atom stereocenters. The molecule has 0 saturated carbocycles. The van der Waals surface area contributed by atoms with Crippen LogP contribution in [0.1, 0.15) is 35.6 Å². The number of carbonyl (C=O) groups is 1. The van der Waals surface area contributed by atoms with E-state index in [0.717, 1.165) is 32.8 Å². The van der Waals surface area contributed by atoms with Gasteiger partial charge in [0, 0.05) is 16.5 Å². The second kappa shape index (κ2) is 7.44. The van der Waals surface area contributed by atoms with Gasteiger partial charge in [0.1, 0.15) is 6.61 Å². The van der Waals surface area contributed by atoms with Crippen molar-refractivity contribution in [2.24, 2.45) is 5.84 Å². The standard InChI is InChI=1S/C25H23N5O4/c1-2-25(33)18-9-20-22-16(11-30(20)23(31)17(18)12-34-24(25)32)15(10-27-29-26)21-14-6-4-3-5-13(14)7-8-19(21)28-22/h3-9,27,29,33H,2,10-12,26H2,1H3/p+1/t25-/m0/s1. The molecule has 9 nitrogen and oxygen atoms in total. The number of nitrogens with two attached hydrogens (primary N) is 2. The average molecular weight is 458 g/mol. The summed E-state index contributed by atoms with van der Waals surface area (Å²) in [6.07, 6.45) is 0.104. The van der Waals surface area contributed by atoms with Gasteiger partial charge in [-0.1, -0.05) is 37.3 Å². The lowest BCUT2D eigenvalue weighted by Gasteiger charge is -2.31. The first-order valence-electron chi connectivity index (χ1n) is 11.2. The van der Waals surface area contributed by atoms with Crippen molar-refractivity contribution in [3.63, 3.8) is 0 Å². The van der Waals surface area contributed by atoms with Gasteiger partial charge in [0.25, 0.3) is 5.56 Å². The van der Waals surface area contributed by atoms with Gasteiger partial charge in [-0.15, -0.1) is 5.43 Å². The number of carbonyl (C=O) groups excluding carboxylic acids is 1. The van der Waals surface area contributed by atoms with Gasteiger partial charge in [-0.2, -0.15) is 11.4 Å². The Morgan fingerprint density at radius 1 is 1.24 bits per heavy atom. The van der Waals surface area contributed by atoms with Crippen LogP contribution >= 0.6 is 0 Å². The smallest absolute Gasteiger partial charge is 0.343 e. The lowest BCUT2D eigenvalue weighted by molar-refractivity contribution is -0.725. The maximum atomic E-state index is 13.5. The van der Waals surface area contributed by atoms with Gasteiger partial charge >= 0.3 is 5.97 Å². The van der Waals surface area contributed by atoms with Crippen LogP contribution in [0.25, 0.3) is 33.1 Å². The Balaban J connectivity index is 1.67. The van der Waals surface area contributed by atoms with Crippen molar-refractivity contribution in [2.45, 2.75) is 38.6 Å². The van der Waals surface area contributed by atoms with Crippen molar-refractivity contribution >= 4 is 27.6 Å². The fourth-order valence-electron chi connectivity index (χ4n) is 5.30. The molecule has 172 valence electrons. The van der Waals surface area contributed by atoms with E-state index in [2.05, 4.69) is 17.6 Å². The Labute approximate surface area is 194 Å². The zero-order chi connectivity index (χ0) is 23.6. The van der Waals surface area contributed by atoms with Crippen LogP contribution in [-0.2, 0) is 34.8 Å². The lowest BCUT2D eigenvalue weighted by atomic mass is 9.86. The molecule has 1 atom stereocenters. The Bertz CT molecular complexity index is 1580. The predicted octanol–water partition coefficient (Wildman–Crippen LogP) is 0.674. The Hall–Kier alpha value is -3.63. The number of hydrogen-bond donors (Lipinski definition) is 4. The summed E-state index contributed by atoms with van der Waals surface area (Å²) in [4.78, 5) is 30.9. The average Bonchev–Trinajstić information content (AvgIpc) is 3.23. The number of cyclic esters (lactones) is 1. The van der Waals surface area contributed by atoms with E-state index >= 15 is 0 Å².